The highest BCUT2D eigenvalue weighted by Crippen LogP contribution is 2.31. The van der Waals surface area contributed by atoms with Gasteiger partial charge in [-0.25, -0.2) is 0 Å². The van der Waals surface area contributed by atoms with Crippen LogP contribution < -0.4 is 16.0 Å². The van der Waals surface area contributed by atoms with Crippen molar-refractivity contribution in [1.82, 2.24) is 10.6 Å². The summed E-state index contributed by atoms with van der Waals surface area (Å²) in [4.78, 5) is 16.7. The van der Waals surface area contributed by atoms with E-state index >= 15 is 0 Å². The molecule has 2 aliphatic rings. The maximum Gasteiger partial charge on any atom is 0.225 e. The summed E-state index contributed by atoms with van der Waals surface area (Å²) >= 11 is 0. The fourth-order valence-corrected chi connectivity index (χ4v) is 3.55. The van der Waals surface area contributed by atoms with Gasteiger partial charge in [-0.1, -0.05) is 18.2 Å². The second-order valence-corrected chi connectivity index (χ2v) is 7.34. The number of fused-ring (bicyclic) bond motifs is 1. The molecule has 1 aromatic rings. The van der Waals surface area contributed by atoms with Gasteiger partial charge in [0.2, 0.25) is 5.91 Å². The first-order chi connectivity index (χ1) is 13.8. The number of nitrogens with one attached hydrogen (secondary N) is 3. The fraction of sp³-hybridized carbons (Fsp3) is 0.619. The Morgan fingerprint density at radius 3 is 3.00 bits per heavy atom. The molecular formula is C21H33IN4O3. The summed E-state index contributed by atoms with van der Waals surface area (Å²) < 4.78 is 11.1. The molecule has 3 N–H and O–H groups in total. The highest BCUT2D eigenvalue weighted by atomic mass is 127. The number of halogens is 1. The molecule has 29 heavy (non-hydrogen) atoms. The van der Waals surface area contributed by atoms with Gasteiger partial charge in [0.15, 0.2) is 5.96 Å². The summed E-state index contributed by atoms with van der Waals surface area (Å²) in [6, 6.07) is 7.97. The van der Waals surface area contributed by atoms with E-state index in [1.807, 2.05) is 25.1 Å². The highest BCUT2D eigenvalue weighted by molar-refractivity contribution is 14.0. The maximum atomic E-state index is 12.0. The van der Waals surface area contributed by atoms with Gasteiger partial charge in [0.05, 0.1) is 19.8 Å². The Kier molecular flexibility index (Phi) is 10.7. The molecule has 2 aliphatic heterocycles. The van der Waals surface area contributed by atoms with Crippen LogP contribution in [0.4, 0.5) is 5.69 Å². The van der Waals surface area contributed by atoms with Crippen LogP contribution in [0, 0.1) is 5.92 Å². The van der Waals surface area contributed by atoms with E-state index in [9.17, 15) is 4.79 Å². The first-order valence-electron chi connectivity index (χ1n) is 10.3. The van der Waals surface area contributed by atoms with E-state index in [2.05, 4.69) is 22.0 Å². The third-order valence-corrected chi connectivity index (χ3v) is 5.06. The normalized spacial score (nSPS) is 21.1. The molecule has 2 heterocycles. The van der Waals surface area contributed by atoms with E-state index in [0.29, 0.717) is 18.9 Å². The number of hydrogen-bond donors (Lipinski definition) is 3. The number of carbonyl (C=O) groups is 1. The summed E-state index contributed by atoms with van der Waals surface area (Å²) in [6.45, 7) is 7.45. The second-order valence-electron chi connectivity index (χ2n) is 7.34. The molecule has 0 bridgehead atoms. The minimum atomic E-state index is 0. The average molecular weight is 516 g/mol. The van der Waals surface area contributed by atoms with Crippen molar-refractivity contribution in [2.24, 2.45) is 10.9 Å². The third-order valence-electron chi connectivity index (χ3n) is 5.06. The van der Waals surface area contributed by atoms with E-state index in [1.54, 1.807) is 0 Å². The van der Waals surface area contributed by atoms with Crippen molar-refractivity contribution < 1.29 is 14.3 Å². The molecule has 2 unspecified atom stereocenters. The van der Waals surface area contributed by atoms with Crippen molar-refractivity contribution in [2.45, 2.75) is 32.1 Å². The first kappa shape index (κ1) is 23.9. The molecule has 1 fully saturated rings. The monoisotopic (exact) mass is 516 g/mol. The van der Waals surface area contributed by atoms with Gasteiger partial charge in [-0.2, -0.15) is 0 Å². The fourth-order valence-electron chi connectivity index (χ4n) is 3.55. The average Bonchev–Trinajstić information content (AvgIpc) is 3.21. The van der Waals surface area contributed by atoms with Gasteiger partial charge < -0.3 is 25.4 Å². The molecule has 1 aromatic carbocycles. The van der Waals surface area contributed by atoms with Crippen LogP contribution in [-0.4, -0.2) is 57.9 Å². The lowest BCUT2D eigenvalue weighted by Crippen LogP contribution is -2.38. The van der Waals surface area contributed by atoms with Crippen molar-refractivity contribution in [1.29, 1.82) is 0 Å². The van der Waals surface area contributed by atoms with Crippen LogP contribution in [0.3, 0.4) is 0 Å². The van der Waals surface area contributed by atoms with Crippen molar-refractivity contribution >= 4 is 41.5 Å². The van der Waals surface area contributed by atoms with E-state index in [1.165, 1.54) is 0 Å². The molecule has 0 aromatic heterocycles. The number of rotatable bonds is 9. The van der Waals surface area contributed by atoms with Crippen LogP contribution in [0.15, 0.2) is 29.3 Å². The summed E-state index contributed by atoms with van der Waals surface area (Å²) in [5.74, 6) is 1.51. The van der Waals surface area contributed by atoms with Crippen molar-refractivity contribution in [3.05, 3.63) is 29.8 Å². The number of hydrogen-bond acceptors (Lipinski definition) is 4. The maximum absolute atomic E-state index is 12.0. The smallest absolute Gasteiger partial charge is 0.225 e. The van der Waals surface area contributed by atoms with Crippen molar-refractivity contribution in [3.8, 4) is 0 Å². The number of carbonyl (C=O) groups excluding carboxylic acids is 1. The van der Waals surface area contributed by atoms with Gasteiger partial charge in [0.25, 0.3) is 0 Å². The number of benzene rings is 1. The van der Waals surface area contributed by atoms with Crippen LogP contribution in [0.1, 0.15) is 37.7 Å². The molecule has 3 rings (SSSR count). The predicted octanol–water partition coefficient (Wildman–Crippen LogP) is 2.73. The minimum Gasteiger partial charge on any atom is -0.381 e. The van der Waals surface area contributed by atoms with Gasteiger partial charge in [-0.3, -0.25) is 9.79 Å². The number of anilines is 1. The number of para-hydroxylation sites is 1. The lowest BCUT2D eigenvalue weighted by atomic mass is 9.91. The number of guanidine groups is 1. The van der Waals surface area contributed by atoms with E-state index in [0.717, 1.165) is 69.6 Å². The molecule has 0 aliphatic carbocycles. The molecule has 0 saturated carbocycles. The van der Waals surface area contributed by atoms with Crippen LogP contribution in [-0.2, 0) is 14.3 Å². The lowest BCUT2D eigenvalue weighted by molar-refractivity contribution is -0.116. The molecule has 2 atom stereocenters. The second kappa shape index (κ2) is 13.0. The SMILES string of the molecule is CCNC(=NCC1CC(=O)Nc2ccccc21)NCCCOCC1CCOC1.I. The van der Waals surface area contributed by atoms with Crippen LogP contribution in [0.25, 0.3) is 0 Å². The summed E-state index contributed by atoms with van der Waals surface area (Å²) in [5.41, 5.74) is 2.06. The Morgan fingerprint density at radius 1 is 1.34 bits per heavy atom. The summed E-state index contributed by atoms with van der Waals surface area (Å²) in [6.07, 6.45) is 2.50. The largest absolute Gasteiger partial charge is 0.381 e. The Bertz CT molecular complexity index is 665. The first-order valence-corrected chi connectivity index (χ1v) is 10.3. The zero-order valence-corrected chi connectivity index (χ0v) is 19.4. The van der Waals surface area contributed by atoms with Crippen LogP contribution >= 0.6 is 24.0 Å². The molecular weight excluding hydrogens is 483 g/mol. The topological polar surface area (TPSA) is 84.0 Å². The Balaban J connectivity index is 0.00000300. The molecule has 1 saturated heterocycles. The summed E-state index contributed by atoms with van der Waals surface area (Å²) in [5, 5.41) is 9.57. The zero-order chi connectivity index (χ0) is 19.6. The highest BCUT2D eigenvalue weighted by Gasteiger charge is 2.24. The molecule has 0 spiro atoms. The number of nitrogens with zero attached hydrogens (tertiary/aromatic N) is 1. The molecule has 0 radical (unpaired) electrons. The lowest BCUT2D eigenvalue weighted by Gasteiger charge is -2.24. The Labute approximate surface area is 190 Å². The van der Waals surface area contributed by atoms with Crippen LogP contribution in [0.2, 0.25) is 0 Å². The van der Waals surface area contributed by atoms with E-state index < -0.39 is 0 Å². The van der Waals surface area contributed by atoms with Crippen LogP contribution in [0.5, 0.6) is 0 Å². The molecule has 1 amide bonds. The van der Waals surface area contributed by atoms with Crippen molar-refractivity contribution in [3.63, 3.8) is 0 Å². The molecule has 8 heteroatoms. The van der Waals surface area contributed by atoms with E-state index in [4.69, 9.17) is 14.5 Å². The van der Waals surface area contributed by atoms with Gasteiger partial charge >= 0.3 is 0 Å². The Morgan fingerprint density at radius 2 is 2.21 bits per heavy atom. The number of ether oxygens (including phenoxy) is 2. The number of aliphatic imine (C=N–C) groups is 1. The third kappa shape index (κ3) is 7.75. The molecule has 162 valence electrons. The van der Waals surface area contributed by atoms with Gasteiger partial charge in [0.1, 0.15) is 0 Å². The van der Waals surface area contributed by atoms with Crippen molar-refractivity contribution in [2.75, 3.05) is 51.4 Å². The van der Waals surface area contributed by atoms with E-state index in [-0.39, 0.29) is 35.8 Å². The Hall–Kier alpha value is -1.39. The van der Waals surface area contributed by atoms with Gasteiger partial charge in [-0.05, 0) is 31.4 Å². The van der Waals surface area contributed by atoms with Gasteiger partial charge in [0, 0.05) is 50.2 Å². The quantitative estimate of drug-likeness (QED) is 0.204. The van der Waals surface area contributed by atoms with Gasteiger partial charge in [-0.15, -0.1) is 24.0 Å². The number of amides is 1. The summed E-state index contributed by atoms with van der Waals surface area (Å²) in [7, 11) is 0. The molecule has 7 nitrogen and oxygen atoms in total. The predicted molar refractivity (Wildman–Crippen MR) is 126 cm³/mol. The zero-order valence-electron chi connectivity index (χ0n) is 17.1. The minimum absolute atomic E-state index is 0. The standard InChI is InChI=1S/C21H32N4O3.HI/c1-2-22-21(23-9-5-10-27-14-16-8-11-28-15-16)24-13-17-12-20(26)25-19-7-4-3-6-18(17)19;/h3-4,6-7,16-17H,2,5,8-15H2,1H3,(H,25,26)(H2,22,23,24);1H.